The van der Waals surface area contributed by atoms with E-state index in [1.54, 1.807) is 0 Å². The van der Waals surface area contributed by atoms with Gasteiger partial charge in [0, 0.05) is 6.54 Å². The minimum absolute atomic E-state index is 0.0996. The van der Waals surface area contributed by atoms with Gasteiger partial charge in [-0.25, -0.2) is 0 Å². The second kappa shape index (κ2) is 3.60. The smallest absolute Gasteiger partial charge is 0.161 e. The average molecular weight is 226 g/mol. The highest BCUT2D eigenvalue weighted by atomic mass is 35.5. The molecule has 0 spiro atoms. The van der Waals surface area contributed by atoms with Crippen molar-refractivity contribution < 1.29 is 4.74 Å². The van der Waals surface area contributed by atoms with E-state index >= 15 is 0 Å². The summed E-state index contributed by atoms with van der Waals surface area (Å²) in [6.45, 7) is 8.09. The second-order valence-electron chi connectivity index (χ2n) is 4.82. The summed E-state index contributed by atoms with van der Waals surface area (Å²) in [7, 11) is 0. The van der Waals surface area contributed by atoms with Crippen LogP contribution in [-0.4, -0.2) is 13.2 Å². The number of halogens is 1. The molecule has 0 saturated heterocycles. The molecule has 0 amide bonds. The van der Waals surface area contributed by atoms with Gasteiger partial charge in [0.15, 0.2) is 5.75 Å². The maximum absolute atomic E-state index is 6.10. The first-order chi connectivity index (χ1) is 7.00. The van der Waals surface area contributed by atoms with Crippen LogP contribution in [0.1, 0.15) is 26.3 Å². The Morgan fingerprint density at radius 1 is 1.33 bits per heavy atom. The lowest BCUT2D eigenvalue weighted by molar-refractivity contribution is 0.322. The van der Waals surface area contributed by atoms with Crippen molar-refractivity contribution in [3.8, 4) is 5.75 Å². The van der Waals surface area contributed by atoms with Crippen LogP contribution < -0.4 is 10.1 Å². The summed E-state index contributed by atoms with van der Waals surface area (Å²) in [6.07, 6.45) is 0. The van der Waals surface area contributed by atoms with E-state index in [-0.39, 0.29) is 5.41 Å². The van der Waals surface area contributed by atoms with E-state index in [1.807, 2.05) is 6.07 Å². The molecule has 1 N–H and O–H groups in total. The number of anilines is 1. The first kappa shape index (κ1) is 10.6. The number of hydrogen-bond donors (Lipinski definition) is 1. The van der Waals surface area contributed by atoms with E-state index in [0.717, 1.165) is 18.0 Å². The van der Waals surface area contributed by atoms with Crippen LogP contribution >= 0.6 is 11.6 Å². The lowest BCUT2D eigenvalue weighted by Gasteiger charge is -2.28. The van der Waals surface area contributed by atoms with Gasteiger partial charge in [0.2, 0.25) is 0 Å². The number of fused-ring (bicyclic) bond motifs is 1. The Morgan fingerprint density at radius 3 is 2.73 bits per heavy atom. The third-order valence-electron chi connectivity index (χ3n) is 2.57. The van der Waals surface area contributed by atoms with Crippen molar-refractivity contribution in [3.05, 3.63) is 22.7 Å². The molecule has 1 aliphatic rings. The van der Waals surface area contributed by atoms with Crippen LogP contribution in [0.15, 0.2) is 12.1 Å². The number of ether oxygens (including phenoxy) is 1. The molecule has 0 saturated carbocycles. The summed E-state index contributed by atoms with van der Waals surface area (Å²) >= 11 is 6.10. The summed E-state index contributed by atoms with van der Waals surface area (Å²) in [6, 6.07) is 3.98. The van der Waals surface area contributed by atoms with Crippen molar-refractivity contribution in [1.82, 2.24) is 0 Å². The van der Waals surface area contributed by atoms with E-state index in [2.05, 4.69) is 32.2 Å². The quantitative estimate of drug-likeness (QED) is 0.731. The van der Waals surface area contributed by atoms with Crippen LogP contribution in [0, 0.1) is 0 Å². The minimum atomic E-state index is 0.0996. The van der Waals surface area contributed by atoms with Gasteiger partial charge in [-0.05, 0) is 17.0 Å². The Bertz CT molecular complexity index is 382. The fourth-order valence-corrected chi connectivity index (χ4v) is 2.04. The second-order valence-corrected chi connectivity index (χ2v) is 5.23. The zero-order valence-corrected chi connectivity index (χ0v) is 10.1. The molecule has 0 bridgehead atoms. The molecular formula is C12H16ClNO. The summed E-state index contributed by atoms with van der Waals surface area (Å²) in [4.78, 5) is 0. The van der Waals surface area contributed by atoms with Crippen LogP contribution in [0.3, 0.4) is 0 Å². The molecule has 0 atom stereocenters. The number of nitrogens with one attached hydrogen (secondary N) is 1. The normalized spacial score (nSPS) is 15.2. The Balaban J connectivity index is 2.58. The van der Waals surface area contributed by atoms with Gasteiger partial charge in [0.05, 0.1) is 10.7 Å². The van der Waals surface area contributed by atoms with Gasteiger partial charge in [0.1, 0.15) is 6.61 Å². The lowest BCUT2D eigenvalue weighted by Crippen LogP contribution is -2.23. The van der Waals surface area contributed by atoms with Crippen molar-refractivity contribution in [2.75, 3.05) is 18.5 Å². The molecule has 15 heavy (non-hydrogen) atoms. The largest absolute Gasteiger partial charge is 0.488 e. The van der Waals surface area contributed by atoms with Gasteiger partial charge < -0.3 is 10.1 Å². The molecule has 1 aromatic rings. The highest BCUT2D eigenvalue weighted by Crippen LogP contribution is 2.42. The van der Waals surface area contributed by atoms with Gasteiger partial charge in [-0.2, -0.15) is 0 Å². The fraction of sp³-hybridized carbons (Fsp3) is 0.500. The lowest BCUT2D eigenvalue weighted by atomic mass is 9.85. The molecular weight excluding hydrogens is 210 g/mol. The summed E-state index contributed by atoms with van der Waals surface area (Å²) < 4.78 is 5.60. The molecule has 0 aliphatic carbocycles. The van der Waals surface area contributed by atoms with Gasteiger partial charge in [-0.1, -0.05) is 38.4 Å². The Kier molecular flexibility index (Phi) is 2.55. The molecule has 1 heterocycles. The molecule has 82 valence electrons. The van der Waals surface area contributed by atoms with Gasteiger partial charge in [-0.15, -0.1) is 0 Å². The van der Waals surface area contributed by atoms with Crippen molar-refractivity contribution in [2.45, 2.75) is 26.2 Å². The molecule has 3 heteroatoms. The van der Waals surface area contributed by atoms with Crippen molar-refractivity contribution in [3.63, 3.8) is 0 Å². The highest BCUT2D eigenvalue weighted by molar-refractivity contribution is 6.32. The van der Waals surface area contributed by atoms with Crippen LogP contribution in [-0.2, 0) is 5.41 Å². The van der Waals surface area contributed by atoms with E-state index < -0.39 is 0 Å². The number of rotatable bonds is 0. The monoisotopic (exact) mass is 225 g/mol. The predicted octanol–water partition coefficient (Wildman–Crippen LogP) is 3.44. The van der Waals surface area contributed by atoms with Crippen molar-refractivity contribution in [2.24, 2.45) is 0 Å². The van der Waals surface area contributed by atoms with Gasteiger partial charge in [0.25, 0.3) is 0 Å². The molecule has 0 radical (unpaired) electrons. The molecule has 2 rings (SSSR count). The Hall–Kier alpha value is -0.890. The third-order valence-corrected chi connectivity index (χ3v) is 2.87. The van der Waals surface area contributed by atoms with Crippen molar-refractivity contribution in [1.29, 1.82) is 0 Å². The van der Waals surface area contributed by atoms with Gasteiger partial charge >= 0.3 is 0 Å². The van der Waals surface area contributed by atoms with Crippen LogP contribution in [0.2, 0.25) is 5.02 Å². The van der Waals surface area contributed by atoms with Crippen LogP contribution in [0.4, 0.5) is 5.69 Å². The van der Waals surface area contributed by atoms with E-state index in [4.69, 9.17) is 16.3 Å². The maximum Gasteiger partial charge on any atom is 0.161 e. The van der Waals surface area contributed by atoms with E-state index in [1.165, 1.54) is 5.56 Å². The Morgan fingerprint density at radius 2 is 2.07 bits per heavy atom. The standard InChI is InChI=1S/C12H16ClNO/c1-12(2,3)8-4-5-9(13)11-10(8)14-6-7-15-11/h4-5,14H,6-7H2,1-3H3. The predicted molar refractivity (Wildman–Crippen MR) is 64.1 cm³/mol. The number of hydrogen-bond acceptors (Lipinski definition) is 2. The Labute approximate surface area is 95.6 Å². The molecule has 0 aromatic heterocycles. The first-order valence-electron chi connectivity index (χ1n) is 5.20. The van der Waals surface area contributed by atoms with E-state index in [9.17, 15) is 0 Å². The van der Waals surface area contributed by atoms with Crippen LogP contribution in [0.5, 0.6) is 5.75 Å². The molecule has 0 fully saturated rings. The topological polar surface area (TPSA) is 21.3 Å². The third kappa shape index (κ3) is 1.91. The van der Waals surface area contributed by atoms with Gasteiger partial charge in [-0.3, -0.25) is 0 Å². The first-order valence-corrected chi connectivity index (χ1v) is 5.57. The highest BCUT2D eigenvalue weighted by Gasteiger charge is 2.24. The van der Waals surface area contributed by atoms with E-state index in [0.29, 0.717) is 11.6 Å². The average Bonchev–Trinajstić information content (AvgIpc) is 2.17. The van der Waals surface area contributed by atoms with Crippen molar-refractivity contribution >= 4 is 17.3 Å². The fourth-order valence-electron chi connectivity index (χ4n) is 1.83. The molecule has 1 aliphatic heterocycles. The van der Waals surface area contributed by atoms with Crippen LogP contribution in [0.25, 0.3) is 0 Å². The maximum atomic E-state index is 6.10. The summed E-state index contributed by atoms with van der Waals surface area (Å²) in [5, 5.41) is 4.05. The molecule has 1 aromatic carbocycles. The zero-order chi connectivity index (χ0) is 11.1. The molecule has 0 unspecified atom stereocenters. The summed E-state index contributed by atoms with van der Waals surface area (Å²) in [5.41, 5.74) is 2.41. The minimum Gasteiger partial charge on any atom is -0.488 e. The SMILES string of the molecule is CC(C)(C)c1ccc(Cl)c2c1NCCO2. The summed E-state index contributed by atoms with van der Waals surface area (Å²) in [5.74, 6) is 0.801. The number of benzene rings is 1. The molecule has 2 nitrogen and oxygen atoms in total. The zero-order valence-electron chi connectivity index (χ0n) is 9.36.